The first-order chi connectivity index (χ1) is 19.0. The van der Waals surface area contributed by atoms with Gasteiger partial charge < -0.3 is 20.7 Å². The molecular formula is C27H29FN8O3. The van der Waals surface area contributed by atoms with Gasteiger partial charge in [0.2, 0.25) is 5.91 Å². The monoisotopic (exact) mass is 532 g/mol. The molecule has 1 saturated heterocycles. The van der Waals surface area contributed by atoms with Gasteiger partial charge >= 0.3 is 0 Å². The maximum Gasteiger partial charge on any atom is 0.256 e. The molecule has 1 aliphatic rings. The molecule has 1 atom stereocenters. The second-order valence-corrected chi connectivity index (χ2v) is 9.34. The van der Waals surface area contributed by atoms with Gasteiger partial charge in [0.1, 0.15) is 30.3 Å². The van der Waals surface area contributed by atoms with Crippen LogP contribution in [0, 0.1) is 0 Å². The van der Waals surface area contributed by atoms with Crippen LogP contribution in [-0.2, 0) is 16.2 Å². The molecule has 1 aliphatic heterocycles. The SMILES string of the molecule is COCCC(=O)N1CCCC(n2nc(-c3ccc(C(=O)Nc4cc(CF)ccn4)cc3)c3c(N)ncnc32)C1. The third-order valence-electron chi connectivity index (χ3n) is 6.77. The fourth-order valence-corrected chi connectivity index (χ4v) is 4.77. The van der Waals surface area contributed by atoms with Crippen LogP contribution in [0.3, 0.4) is 0 Å². The van der Waals surface area contributed by atoms with E-state index in [0.717, 1.165) is 18.4 Å². The van der Waals surface area contributed by atoms with Gasteiger partial charge in [0, 0.05) is 37.5 Å². The molecule has 12 heteroatoms. The number of nitrogens with two attached hydrogens (primary N) is 1. The average molecular weight is 533 g/mol. The second kappa shape index (κ2) is 11.5. The van der Waals surface area contributed by atoms with Crippen molar-refractivity contribution in [1.82, 2.24) is 29.6 Å². The quantitative estimate of drug-likeness (QED) is 0.352. The molecule has 1 unspecified atom stereocenters. The number of pyridine rings is 1. The van der Waals surface area contributed by atoms with Crippen LogP contribution in [0.5, 0.6) is 0 Å². The first-order valence-electron chi connectivity index (χ1n) is 12.7. The number of nitrogens with one attached hydrogen (secondary N) is 1. The van der Waals surface area contributed by atoms with E-state index in [1.165, 1.54) is 18.6 Å². The number of alkyl halides is 1. The number of piperidine rings is 1. The number of nitrogen functional groups attached to an aromatic ring is 1. The Balaban J connectivity index is 1.41. The summed E-state index contributed by atoms with van der Waals surface area (Å²) >= 11 is 0. The Kier molecular flexibility index (Phi) is 7.73. The van der Waals surface area contributed by atoms with Crippen molar-refractivity contribution < 1.29 is 18.7 Å². The minimum Gasteiger partial charge on any atom is -0.384 e. The number of hydrogen-bond acceptors (Lipinski definition) is 8. The van der Waals surface area contributed by atoms with Gasteiger partial charge in [0.05, 0.1) is 24.5 Å². The molecule has 11 nitrogen and oxygen atoms in total. The van der Waals surface area contributed by atoms with Crippen LogP contribution >= 0.6 is 0 Å². The number of hydrogen-bond donors (Lipinski definition) is 2. The minimum atomic E-state index is -0.642. The van der Waals surface area contributed by atoms with Gasteiger partial charge in [0.15, 0.2) is 5.65 Å². The number of anilines is 2. The van der Waals surface area contributed by atoms with Crippen molar-refractivity contribution in [3.05, 3.63) is 60.0 Å². The highest BCUT2D eigenvalue weighted by molar-refractivity contribution is 6.04. The molecule has 3 aromatic heterocycles. The van der Waals surface area contributed by atoms with E-state index in [2.05, 4.69) is 20.3 Å². The number of rotatable bonds is 8. The van der Waals surface area contributed by atoms with E-state index in [-0.39, 0.29) is 23.7 Å². The maximum atomic E-state index is 12.9. The first-order valence-corrected chi connectivity index (χ1v) is 12.7. The topological polar surface area (TPSA) is 141 Å². The number of carbonyl (C=O) groups excluding carboxylic acids is 2. The molecule has 0 spiro atoms. The summed E-state index contributed by atoms with van der Waals surface area (Å²) in [5.74, 6) is 0.249. The lowest BCUT2D eigenvalue weighted by atomic mass is 10.1. The van der Waals surface area contributed by atoms with Gasteiger partial charge in [0.25, 0.3) is 5.91 Å². The molecule has 3 N–H and O–H groups in total. The molecule has 4 aromatic rings. The van der Waals surface area contributed by atoms with Gasteiger partial charge in [-0.3, -0.25) is 9.59 Å². The molecule has 4 heterocycles. The summed E-state index contributed by atoms with van der Waals surface area (Å²) in [6, 6.07) is 9.87. The molecule has 1 aromatic carbocycles. The maximum absolute atomic E-state index is 12.9. The van der Waals surface area contributed by atoms with Gasteiger partial charge in [-0.15, -0.1) is 0 Å². The zero-order chi connectivity index (χ0) is 27.4. The lowest BCUT2D eigenvalue weighted by Crippen LogP contribution is -2.41. The molecule has 0 aliphatic carbocycles. The zero-order valence-corrected chi connectivity index (χ0v) is 21.5. The fourth-order valence-electron chi connectivity index (χ4n) is 4.77. The van der Waals surface area contributed by atoms with Crippen LogP contribution in [-0.4, -0.2) is 68.3 Å². The molecule has 1 fully saturated rings. The molecule has 2 amide bonds. The highest BCUT2D eigenvalue weighted by atomic mass is 19.1. The number of carbonyl (C=O) groups is 2. The predicted molar refractivity (Wildman–Crippen MR) is 144 cm³/mol. The van der Waals surface area contributed by atoms with Gasteiger partial charge in [-0.25, -0.2) is 24.0 Å². The Morgan fingerprint density at radius 2 is 2.00 bits per heavy atom. The summed E-state index contributed by atoms with van der Waals surface area (Å²) in [4.78, 5) is 39.9. The summed E-state index contributed by atoms with van der Waals surface area (Å²) in [6.07, 6.45) is 4.87. The van der Waals surface area contributed by atoms with Crippen molar-refractivity contribution in [2.24, 2.45) is 0 Å². The van der Waals surface area contributed by atoms with E-state index < -0.39 is 6.67 Å². The van der Waals surface area contributed by atoms with E-state index in [0.29, 0.717) is 59.8 Å². The highest BCUT2D eigenvalue weighted by Gasteiger charge is 2.28. The van der Waals surface area contributed by atoms with Crippen molar-refractivity contribution in [1.29, 1.82) is 0 Å². The Morgan fingerprint density at radius 1 is 1.18 bits per heavy atom. The van der Waals surface area contributed by atoms with E-state index in [9.17, 15) is 14.0 Å². The zero-order valence-electron chi connectivity index (χ0n) is 21.5. The molecule has 0 saturated carbocycles. The number of amides is 2. The average Bonchev–Trinajstić information content (AvgIpc) is 3.37. The summed E-state index contributed by atoms with van der Waals surface area (Å²) in [5, 5.41) is 8.19. The smallest absolute Gasteiger partial charge is 0.256 e. The van der Waals surface area contributed by atoms with Gasteiger partial charge in [-0.05, 0) is 42.7 Å². The third kappa shape index (κ3) is 5.55. The van der Waals surface area contributed by atoms with Crippen LogP contribution in [0.25, 0.3) is 22.3 Å². The number of nitrogens with zero attached hydrogens (tertiary/aromatic N) is 6. The Labute approximate surface area is 224 Å². The van der Waals surface area contributed by atoms with Gasteiger partial charge in [-0.2, -0.15) is 5.10 Å². The van der Waals surface area contributed by atoms with Crippen molar-refractivity contribution in [3.63, 3.8) is 0 Å². The van der Waals surface area contributed by atoms with E-state index in [1.54, 1.807) is 37.4 Å². The van der Waals surface area contributed by atoms with Crippen LogP contribution in [0.1, 0.15) is 41.2 Å². The first kappa shape index (κ1) is 26.2. The number of benzene rings is 1. The molecular weight excluding hydrogens is 503 g/mol. The van der Waals surface area contributed by atoms with E-state index in [1.807, 2.05) is 9.58 Å². The van der Waals surface area contributed by atoms with Crippen molar-refractivity contribution in [2.45, 2.75) is 32.0 Å². The van der Waals surface area contributed by atoms with Crippen molar-refractivity contribution in [3.8, 4) is 11.3 Å². The third-order valence-corrected chi connectivity index (χ3v) is 6.77. The molecule has 0 radical (unpaired) electrons. The van der Waals surface area contributed by atoms with Crippen LogP contribution in [0.4, 0.5) is 16.0 Å². The minimum absolute atomic E-state index is 0.0489. The molecule has 5 rings (SSSR count). The van der Waals surface area contributed by atoms with Crippen molar-refractivity contribution in [2.75, 3.05) is 37.9 Å². The number of ether oxygens (including phenoxy) is 1. The Morgan fingerprint density at radius 3 is 2.77 bits per heavy atom. The molecule has 39 heavy (non-hydrogen) atoms. The van der Waals surface area contributed by atoms with Crippen molar-refractivity contribution >= 4 is 34.5 Å². The summed E-state index contributed by atoms with van der Waals surface area (Å²) < 4.78 is 19.8. The number of fused-ring (bicyclic) bond motifs is 1. The summed E-state index contributed by atoms with van der Waals surface area (Å²) in [6.45, 7) is 0.947. The predicted octanol–water partition coefficient (Wildman–Crippen LogP) is 3.39. The molecule has 202 valence electrons. The largest absolute Gasteiger partial charge is 0.384 e. The normalized spacial score (nSPS) is 15.4. The van der Waals surface area contributed by atoms with E-state index in [4.69, 9.17) is 15.6 Å². The Hall–Kier alpha value is -4.45. The van der Waals surface area contributed by atoms with Crippen LogP contribution in [0.15, 0.2) is 48.9 Å². The standard InChI is InChI=1S/C27H29FN8O3/c1-39-12-9-22(37)35-11-2-3-20(15-35)36-26-23(25(29)31-16-32-26)24(34-36)18-4-6-19(7-5-18)27(38)33-21-13-17(14-28)8-10-30-21/h4-8,10,13,16,20H,2-3,9,11-12,14-15H2,1H3,(H2,29,31,32)(H,30,33,38). The van der Waals surface area contributed by atoms with Crippen LogP contribution < -0.4 is 11.1 Å². The Bertz CT molecular complexity index is 1490. The highest BCUT2D eigenvalue weighted by Crippen LogP contribution is 2.34. The fraction of sp³-hybridized carbons (Fsp3) is 0.333. The number of halogens is 1. The van der Waals surface area contributed by atoms with E-state index >= 15 is 0 Å². The number of likely N-dealkylation sites (tertiary alicyclic amines) is 1. The molecule has 0 bridgehead atoms. The second-order valence-electron chi connectivity index (χ2n) is 9.34. The summed E-state index contributed by atoms with van der Waals surface area (Å²) in [5.41, 5.74) is 9.02. The van der Waals surface area contributed by atoms with Crippen LogP contribution in [0.2, 0.25) is 0 Å². The summed E-state index contributed by atoms with van der Waals surface area (Å²) in [7, 11) is 1.58. The lowest BCUT2D eigenvalue weighted by Gasteiger charge is -2.33. The van der Waals surface area contributed by atoms with Gasteiger partial charge in [-0.1, -0.05) is 12.1 Å². The number of aromatic nitrogens is 5. The lowest BCUT2D eigenvalue weighted by molar-refractivity contribution is -0.133. The number of methoxy groups -OCH3 is 1.